The number of carbonyl (C=O) groups is 1. The standard InChI is InChI=1S/C17H25N3O2S/c1-12-9-13(2)19-17(18-12)22-14-7-8-20(10-14)16(21)11-23-15-5-3-4-6-15/h9,14-15H,3-8,10-11H2,1-2H3/t14-/m0/s1. The first-order valence-corrected chi connectivity index (χ1v) is 9.53. The second-order valence-corrected chi connectivity index (χ2v) is 7.81. The van der Waals surface area contributed by atoms with E-state index < -0.39 is 0 Å². The third-order valence-corrected chi connectivity index (χ3v) is 5.83. The van der Waals surface area contributed by atoms with Crippen molar-refractivity contribution in [1.82, 2.24) is 14.9 Å². The van der Waals surface area contributed by atoms with E-state index in [1.54, 1.807) is 0 Å². The molecule has 1 saturated carbocycles. The SMILES string of the molecule is Cc1cc(C)nc(O[C@H]2CCN(C(=O)CSC3CCCC3)C2)n1. The zero-order valence-corrected chi connectivity index (χ0v) is 14.8. The Hall–Kier alpha value is -1.30. The van der Waals surface area contributed by atoms with Gasteiger partial charge in [0.25, 0.3) is 0 Å². The zero-order chi connectivity index (χ0) is 16.2. The molecule has 126 valence electrons. The van der Waals surface area contributed by atoms with E-state index >= 15 is 0 Å². The highest BCUT2D eigenvalue weighted by atomic mass is 32.2. The van der Waals surface area contributed by atoms with Gasteiger partial charge in [0.1, 0.15) is 6.10 Å². The molecule has 2 fully saturated rings. The first-order chi connectivity index (χ1) is 11.1. The van der Waals surface area contributed by atoms with Crippen LogP contribution in [-0.4, -0.2) is 51.0 Å². The summed E-state index contributed by atoms with van der Waals surface area (Å²) in [7, 11) is 0. The fourth-order valence-corrected chi connectivity index (χ4v) is 4.51. The van der Waals surface area contributed by atoms with Crippen LogP contribution in [0.15, 0.2) is 6.07 Å². The average molecular weight is 335 g/mol. The van der Waals surface area contributed by atoms with Crippen LogP contribution in [0.3, 0.4) is 0 Å². The molecule has 1 aliphatic carbocycles. The maximum atomic E-state index is 12.3. The molecular formula is C17H25N3O2S. The van der Waals surface area contributed by atoms with Crippen LogP contribution in [0.4, 0.5) is 0 Å². The molecule has 0 aromatic carbocycles. The lowest BCUT2D eigenvalue weighted by molar-refractivity contribution is -0.127. The number of thioether (sulfide) groups is 1. The lowest BCUT2D eigenvalue weighted by atomic mass is 10.3. The maximum Gasteiger partial charge on any atom is 0.317 e. The van der Waals surface area contributed by atoms with Gasteiger partial charge in [0.15, 0.2) is 0 Å². The van der Waals surface area contributed by atoms with Crippen LogP contribution in [0.1, 0.15) is 43.5 Å². The second-order valence-electron chi connectivity index (χ2n) is 6.52. The molecule has 1 amide bonds. The molecule has 1 aliphatic heterocycles. The first-order valence-electron chi connectivity index (χ1n) is 8.48. The van der Waals surface area contributed by atoms with Crippen molar-refractivity contribution in [3.63, 3.8) is 0 Å². The number of nitrogens with zero attached hydrogens (tertiary/aromatic N) is 3. The van der Waals surface area contributed by atoms with Gasteiger partial charge in [-0.3, -0.25) is 4.79 Å². The quantitative estimate of drug-likeness (QED) is 0.828. The summed E-state index contributed by atoms with van der Waals surface area (Å²) in [6, 6.07) is 2.36. The summed E-state index contributed by atoms with van der Waals surface area (Å²) in [6.07, 6.45) is 6.05. The summed E-state index contributed by atoms with van der Waals surface area (Å²) < 4.78 is 5.87. The Bertz CT molecular complexity index is 541. The maximum absolute atomic E-state index is 12.3. The number of hydrogen-bond donors (Lipinski definition) is 0. The van der Waals surface area contributed by atoms with Crippen molar-refractivity contribution in [2.24, 2.45) is 0 Å². The van der Waals surface area contributed by atoms with Crippen LogP contribution >= 0.6 is 11.8 Å². The van der Waals surface area contributed by atoms with Crippen molar-refractivity contribution in [3.05, 3.63) is 17.5 Å². The third-order valence-electron chi connectivity index (χ3n) is 4.48. The van der Waals surface area contributed by atoms with Crippen molar-refractivity contribution in [2.75, 3.05) is 18.8 Å². The van der Waals surface area contributed by atoms with Gasteiger partial charge in [0, 0.05) is 29.6 Å². The van der Waals surface area contributed by atoms with Crippen LogP contribution in [-0.2, 0) is 4.79 Å². The molecule has 2 heterocycles. The Morgan fingerprint density at radius 2 is 1.96 bits per heavy atom. The molecule has 1 aromatic heterocycles. The highest BCUT2D eigenvalue weighted by molar-refractivity contribution is 8.00. The Balaban J connectivity index is 1.46. The minimum atomic E-state index is 0.0108. The van der Waals surface area contributed by atoms with Crippen molar-refractivity contribution in [2.45, 2.75) is 57.3 Å². The van der Waals surface area contributed by atoms with E-state index in [1.807, 2.05) is 36.6 Å². The summed E-state index contributed by atoms with van der Waals surface area (Å²) >= 11 is 1.83. The fraction of sp³-hybridized carbons (Fsp3) is 0.706. The molecule has 3 rings (SSSR count). The molecule has 0 bridgehead atoms. The van der Waals surface area contributed by atoms with Gasteiger partial charge in [-0.25, -0.2) is 9.97 Å². The molecule has 6 heteroatoms. The Morgan fingerprint density at radius 3 is 2.65 bits per heavy atom. The minimum absolute atomic E-state index is 0.0108. The molecule has 23 heavy (non-hydrogen) atoms. The van der Waals surface area contributed by atoms with Gasteiger partial charge in [0.05, 0.1) is 12.3 Å². The number of aromatic nitrogens is 2. The van der Waals surface area contributed by atoms with E-state index in [2.05, 4.69) is 9.97 Å². The lowest BCUT2D eigenvalue weighted by Gasteiger charge is -2.18. The molecule has 5 nitrogen and oxygen atoms in total. The molecule has 0 N–H and O–H groups in total. The normalized spacial score (nSPS) is 21.8. The predicted molar refractivity (Wildman–Crippen MR) is 91.8 cm³/mol. The van der Waals surface area contributed by atoms with Crippen LogP contribution in [0.2, 0.25) is 0 Å². The number of ether oxygens (including phenoxy) is 1. The summed E-state index contributed by atoms with van der Waals surface area (Å²) in [6.45, 7) is 5.30. The van der Waals surface area contributed by atoms with Crippen LogP contribution in [0.25, 0.3) is 0 Å². The Morgan fingerprint density at radius 1 is 1.26 bits per heavy atom. The van der Waals surface area contributed by atoms with Crippen LogP contribution in [0.5, 0.6) is 6.01 Å². The minimum Gasteiger partial charge on any atom is -0.458 e. The molecule has 0 spiro atoms. The number of amides is 1. The summed E-state index contributed by atoms with van der Waals surface area (Å²) in [4.78, 5) is 22.9. The summed E-state index contributed by atoms with van der Waals surface area (Å²) in [5.74, 6) is 0.853. The third kappa shape index (κ3) is 4.59. The lowest BCUT2D eigenvalue weighted by Crippen LogP contribution is -2.32. The van der Waals surface area contributed by atoms with Gasteiger partial charge in [-0.15, -0.1) is 11.8 Å². The Labute approximate surface area is 142 Å². The van der Waals surface area contributed by atoms with Gasteiger partial charge < -0.3 is 9.64 Å². The van der Waals surface area contributed by atoms with Gasteiger partial charge in [-0.1, -0.05) is 12.8 Å². The van der Waals surface area contributed by atoms with E-state index in [1.165, 1.54) is 25.7 Å². The number of aryl methyl sites for hydroxylation is 2. The van der Waals surface area contributed by atoms with Crippen LogP contribution in [0, 0.1) is 13.8 Å². The highest BCUT2D eigenvalue weighted by Gasteiger charge is 2.29. The number of likely N-dealkylation sites (tertiary alicyclic amines) is 1. The van der Waals surface area contributed by atoms with E-state index in [0.717, 1.165) is 24.4 Å². The summed E-state index contributed by atoms with van der Waals surface area (Å²) in [5.41, 5.74) is 1.82. The number of rotatable bonds is 5. The fourth-order valence-electron chi connectivity index (χ4n) is 3.28. The molecule has 1 aromatic rings. The van der Waals surface area contributed by atoms with Gasteiger partial charge in [-0.05, 0) is 32.8 Å². The molecule has 1 saturated heterocycles. The molecule has 0 radical (unpaired) electrons. The van der Waals surface area contributed by atoms with Crippen molar-refractivity contribution in [1.29, 1.82) is 0 Å². The highest BCUT2D eigenvalue weighted by Crippen LogP contribution is 2.29. The predicted octanol–water partition coefficient (Wildman–Crippen LogP) is 2.75. The van der Waals surface area contributed by atoms with Gasteiger partial charge >= 0.3 is 6.01 Å². The molecule has 1 atom stereocenters. The van der Waals surface area contributed by atoms with Crippen molar-refractivity contribution in [3.8, 4) is 6.01 Å². The molecule has 2 aliphatic rings. The van der Waals surface area contributed by atoms with Crippen LogP contribution < -0.4 is 4.74 Å². The van der Waals surface area contributed by atoms with Crippen molar-refractivity contribution < 1.29 is 9.53 Å². The summed E-state index contributed by atoms with van der Waals surface area (Å²) in [5, 5.41) is 0.692. The molecular weight excluding hydrogens is 310 g/mol. The van der Waals surface area contributed by atoms with E-state index in [9.17, 15) is 4.79 Å². The number of carbonyl (C=O) groups excluding carboxylic acids is 1. The van der Waals surface area contributed by atoms with E-state index in [-0.39, 0.29) is 12.0 Å². The second kappa shape index (κ2) is 7.51. The topological polar surface area (TPSA) is 55.3 Å². The average Bonchev–Trinajstić information content (AvgIpc) is 3.15. The van der Waals surface area contributed by atoms with E-state index in [4.69, 9.17) is 4.74 Å². The van der Waals surface area contributed by atoms with Crippen molar-refractivity contribution >= 4 is 17.7 Å². The monoisotopic (exact) mass is 335 g/mol. The molecule has 0 unspecified atom stereocenters. The van der Waals surface area contributed by atoms with E-state index in [0.29, 0.717) is 23.6 Å². The smallest absolute Gasteiger partial charge is 0.317 e. The largest absolute Gasteiger partial charge is 0.458 e. The van der Waals surface area contributed by atoms with Gasteiger partial charge in [0.2, 0.25) is 5.91 Å². The van der Waals surface area contributed by atoms with Gasteiger partial charge in [-0.2, -0.15) is 0 Å². The number of hydrogen-bond acceptors (Lipinski definition) is 5. The Kier molecular flexibility index (Phi) is 5.41. The zero-order valence-electron chi connectivity index (χ0n) is 14.0. The first kappa shape index (κ1) is 16.6.